The molecule has 1 N–H and O–H groups in total. The molecule has 30 heavy (non-hydrogen) atoms. The molecule has 160 valence electrons. The normalized spacial score (nSPS) is 28.0. The van der Waals surface area contributed by atoms with E-state index in [1.807, 2.05) is 29.2 Å². The number of ether oxygens (including phenoxy) is 1. The number of hydrogen-bond acceptors (Lipinski definition) is 3. The molecule has 1 heterocycles. The lowest BCUT2D eigenvalue weighted by atomic mass is 9.90. The Labute approximate surface area is 178 Å². The van der Waals surface area contributed by atoms with Gasteiger partial charge in [0.05, 0.1) is 0 Å². The second kappa shape index (κ2) is 8.44. The lowest BCUT2D eigenvalue weighted by Gasteiger charge is -2.32. The van der Waals surface area contributed by atoms with Gasteiger partial charge in [0.25, 0.3) is 5.91 Å². The van der Waals surface area contributed by atoms with Crippen molar-refractivity contribution in [3.63, 3.8) is 0 Å². The molecule has 2 saturated carbocycles. The van der Waals surface area contributed by atoms with Crippen molar-refractivity contribution in [1.82, 2.24) is 10.2 Å². The predicted molar refractivity (Wildman–Crippen MR) is 115 cm³/mol. The van der Waals surface area contributed by atoms with E-state index in [4.69, 9.17) is 4.74 Å². The fraction of sp³-hybridized carbons (Fsp3) is 0.600. The standard InChI is InChI=1S/C25H32N2O3/c28-24(26-11-8-20-15-17-4-5-19(20)14-17)21-2-1-3-23(16-21)30-22-9-12-27(13-10-22)25(29)18-6-7-18/h1-5,16-20,22H,6-15H2,(H,26,28)/t17-,19+,20-/m1/s1. The zero-order valence-electron chi connectivity index (χ0n) is 17.6. The smallest absolute Gasteiger partial charge is 0.251 e. The highest BCUT2D eigenvalue weighted by Gasteiger charge is 2.36. The van der Waals surface area contributed by atoms with Crippen LogP contribution in [0.4, 0.5) is 0 Å². The van der Waals surface area contributed by atoms with E-state index in [0.717, 1.165) is 75.2 Å². The number of carbonyl (C=O) groups excluding carboxylic acids is 2. The van der Waals surface area contributed by atoms with E-state index in [1.165, 1.54) is 12.8 Å². The van der Waals surface area contributed by atoms with Crippen molar-refractivity contribution in [3.8, 4) is 5.75 Å². The molecule has 1 aromatic carbocycles. The Kier molecular flexibility index (Phi) is 5.53. The maximum absolute atomic E-state index is 12.6. The average molecular weight is 409 g/mol. The second-order valence-corrected chi connectivity index (χ2v) is 9.53. The summed E-state index contributed by atoms with van der Waals surface area (Å²) in [7, 11) is 0. The van der Waals surface area contributed by atoms with Crippen molar-refractivity contribution in [2.24, 2.45) is 23.7 Å². The number of fused-ring (bicyclic) bond motifs is 2. The molecule has 2 bridgehead atoms. The van der Waals surface area contributed by atoms with Crippen molar-refractivity contribution < 1.29 is 14.3 Å². The Bertz CT molecular complexity index is 823. The van der Waals surface area contributed by atoms with Gasteiger partial charge in [0.2, 0.25) is 5.91 Å². The van der Waals surface area contributed by atoms with Gasteiger partial charge in [0.15, 0.2) is 0 Å². The Morgan fingerprint density at radius 3 is 2.60 bits per heavy atom. The van der Waals surface area contributed by atoms with Crippen LogP contribution in [0.1, 0.15) is 55.3 Å². The van der Waals surface area contributed by atoms with Gasteiger partial charge in [0, 0.05) is 44.0 Å². The van der Waals surface area contributed by atoms with Gasteiger partial charge < -0.3 is 15.0 Å². The molecule has 5 nitrogen and oxygen atoms in total. The van der Waals surface area contributed by atoms with Crippen LogP contribution in [-0.2, 0) is 4.79 Å². The van der Waals surface area contributed by atoms with Gasteiger partial charge in [0.1, 0.15) is 11.9 Å². The van der Waals surface area contributed by atoms with Crippen LogP contribution in [0.2, 0.25) is 0 Å². The van der Waals surface area contributed by atoms with Gasteiger partial charge in [-0.15, -0.1) is 0 Å². The number of allylic oxidation sites excluding steroid dienone is 2. The highest BCUT2D eigenvalue weighted by Crippen LogP contribution is 2.44. The monoisotopic (exact) mass is 408 g/mol. The third-order valence-corrected chi connectivity index (χ3v) is 7.30. The molecule has 0 spiro atoms. The first-order chi connectivity index (χ1) is 14.7. The van der Waals surface area contributed by atoms with E-state index in [0.29, 0.717) is 11.5 Å². The molecule has 0 radical (unpaired) electrons. The number of nitrogens with one attached hydrogen (secondary N) is 1. The first-order valence-electron chi connectivity index (χ1n) is 11.7. The maximum atomic E-state index is 12.6. The molecular weight excluding hydrogens is 376 g/mol. The molecule has 3 aliphatic carbocycles. The topological polar surface area (TPSA) is 58.6 Å². The number of rotatable bonds is 7. The SMILES string of the molecule is O=C(NCC[C@@H]1C[C@@H]2C=C[C@H]1C2)c1cccc(OC2CCN(C(=O)C3CC3)CC2)c1. The Balaban J connectivity index is 1.08. The van der Waals surface area contributed by atoms with E-state index in [1.54, 1.807) is 0 Å². The van der Waals surface area contributed by atoms with Crippen LogP contribution in [0.5, 0.6) is 5.75 Å². The Morgan fingerprint density at radius 2 is 1.90 bits per heavy atom. The van der Waals surface area contributed by atoms with Crippen molar-refractivity contribution >= 4 is 11.8 Å². The van der Waals surface area contributed by atoms with Crippen LogP contribution < -0.4 is 10.1 Å². The van der Waals surface area contributed by atoms with Crippen LogP contribution in [-0.4, -0.2) is 42.5 Å². The number of nitrogens with zero attached hydrogens (tertiary/aromatic N) is 1. The second-order valence-electron chi connectivity index (χ2n) is 9.53. The first kappa shape index (κ1) is 19.7. The molecule has 0 unspecified atom stereocenters. The fourth-order valence-electron chi connectivity index (χ4n) is 5.39. The van der Waals surface area contributed by atoms with Crippen molar-refractivity contribution in [2.45, 2.75) is 51.0 Å². The van der Waals surface area contributed by atoms with Crippen LogP contribution >= 0.6 is 0 Å². The summed E-state index contributed by atoms with van der Waals surface area (Å²) in [5.74, 6) is 3.58. The molecule has 4 aliphatic rings. The molecule has 5 heteroatoms. The lowest BCUT2D eigenvalue weighted by Crippen LogP contribution is -2.42. The summed E-state index contributed by atoms with van der Waals surface area (Å²) in [6.45, 7) is 2.29. The van der Waals surface area contributed by atoms with E-state index < -0.39 is 0 Å². The van der Waals surface area contributed by atoms with E-state index in [2.05, 4.69) is 17.5 Å². The highest BCUT2D eigenvalue weighted by molar-refractivity contribution is 5.94. The van der Waals surface area contributed by atoms with Gasteiger partial charge in [-0.1, -0.05) is 18.2 Å². The quantitative estimate of drug-likeness (QED) is 0.698. The summed E-state index contributed by atoms with van der Waals surface area (Å²) in [6, 6.07) is 7.49. The number of likely N-dealkylation sites (tertiary alicyclic amines) is 1. The Hall–Kier alpha value is -2.30. The third kappa shape index (κ3) is 4.40. The summed E-state index contributed by atoms with van der Waals surface area (Å²) in [4.78, 5) is 26.8. The summed E-state index contributed by atoms with van der Waals surface area (Å²) < 4.78 is 6.14. The number of carbonyl (C=O) groups is 2. The van der Waals surface area contributed by atoms with Crippen LogP contribution in [0, 0.1) is 23.7 Å². The molecule has 1 saturated heterocycles. The van der Waals surface area contributed by atoms with Gasteiger partial charge in [-0.3, -0.25) is 9.59 Å². The van der Waals surface area contributed by atoms with Crippen LogP contribution in [0.25, 0.3) is 0 Å². The largest absolute Gasteiger partial charge is 0.490 e. The zero-order chi connectivity index (χ0) is 20.5. The maximum Gasteiger partial charge on any atom is 0.251 e. The minimum Gasteiger partial charge on any atom is -0.490 e. The molecule has 1 aromatic rings. The van der Waals surface area contributed by atoms with E-state index in [-0.39, 0.29) is 17.9 Å². The summed E-state index contributed by atoms with van der Waals surface area (Å²) >= 11 is 0. The van der Waals surface area contributed by atoms with Gasteiger partial charge in [-0.2, -0.15) is 0 Å². The van der Waals surface area contributed by atoms with Gasteiger partial charge in [-0.25, -0.2) is 0 Å². The number of benzene rings is 1. The number of amides is 2. The molecule has 3 atom stereocenters. The molecule has 2 amide bonds. The summed E-state index contributed by atoms with van der Waals surface area (Å²) in [5.41, 5.74) is 0.654. The van der Waals surface area contributed by atoms with Gasteiger partial charge >= 0.3 is 0 Å². The number of hydrogen-bond donors (Lipinski definition) is 1. The molecular formula is C25H32N2O3. The number of piperidine rings is 1. The van der Waals surface area contributed by atoms with Gasteiger partial charge in [-0.05, 0) is 68.1 Å². The average Bonchev–Trinajstić information content (AvgIpc) is 3.41. The van der Waals surface area contributed by atoms with E-state index in [9.17, 15) is 9.59 Å². The summed E-state index contributed by atoms with van der Waals surface area (Å²) in [5, 5.41) is 3.09. The fourth-order valence-corrected chi connectivity index (χ4v) is 5.39. The van der Waals surface area contributed by atoms with Crippen molar-refractivity contribution in [3.05, 3.63) is 42.0 Å². The van der Waals surface area contributed by atoms with Crippen molar-refractivity contribution in [2.75, 3.05) is 19.6 Å². The highest BCUT2D eigenvalue weighted by atomic mass is 16.5. The van der Waals surface area contributed by atoms with Crippen LogP contribution in [0.3, 0.4) is 0 Å². The molecule has 5 rings (SSSR count). The Morgan fingerprint density at radius 1 is 1.07 bits per heavy atom. The third-order valence-electron chi connectivity index (χ3n) is 7.30. The van der Waals surface area contributed by atoms with E-state index >= 15 is 0 Å². The predicted octanol–water partition coefficient (Wildman–Crippen LogP) is 3.80. The minimum atomic E-state index is -0.0241. The van der Waals surface area contributed by atoms with Crippen molar-refractivity contribution in [1.29, 1.82) is 0 Å². The first-order valence-corrected chi connectivity index (χ1v) is 11.7. The summed E-state index contributed by atoms with van der Waals surface area (Å²) in [6.07, 6.45) is 12.3. The molecule has 0 aromatic heterocycles. The van der Waals surface area contributed by atoms with Crippen LogP contribution in [0.15, 0.2) is 36.4 Å². The lowest BCUT2D eigenvalue weighted by molar-refractivity contribution is -0.134. The molecule has 1 aliphatic heterocycles. The molecule has 3 fully saturated rings. The zero-order valence-corrected chi connectivity index (χ0v) is 17.6. The minimum absolute atomic E-state index is 0.0241.